The summed E-state index contributed by atoms with van der Waals surface area (Å²) in [7, 11) is 0. The van der Waals surface area contributed by atoms with E-state index in [1.807, 2.05) is 12.1 Å². The second-order valence-corrected chi connectivity index (χ2v) is 4.87. The third kappa shape index (κ3) is 1.45. The number of alkyl halides is 3. The van der Waals surface area contributed by atoms with Crippen LogP contribution in [0.5, 0.6) is 0 Å². The van der Waals surface area contributed by atoms with Crippen molar-refractivity contribution in [1.82, 2.24) is 0 Å². The molecule has 7 heteroatoms. The molecule has 1 atom stereocenters. The van der Waals surface area contributed by atoms with Crippen LogP contribution in [0.3, 0.4) is 0 Å². The van der Waals surface area contributed by atoms with Crippen molar-refractivity contribution in [2.45, 2.75) is 16.8 Å². The van der Waals surface area contributed by atoms with Gasteiger partial charge < -0.3 is 10.0 Å². The van der Waals surface area contributed by atoms with Gasteiger partial charge in [-0.3, -0.25) is 0 Å². The van der Waals surface area contributed by atoms with Gasteiger partial charge in [-0.2, -0.15) is 13.2 Å². The first-order valence-electron chi connectivity index (χ1n) is 4.84. The van der Waals surface area contributed by atoms with Crippen molar-refractivity contribution in [2.24, 2.45) is 4.99 Å². The highest BCUT2D eigenvalue weighted by atomic mass is 32.2. The lowest BCUT2D eigenvalue weighted by Crippen LogP contribution is -2.47. The molecule has 0 fully saturated rings. The highest BCUT2D eigenvalue weighted by molar-refractivity contribution is 8.14. The average molecular weight is 260 g/mol. The molecule has 0 spiro atoms. The van der Waals surface area contributed by atoms with Gasteiger partial charge in [-0.25, -0.2) is 4.99 Å². The lowest BCUT2D eigenvalue weighted by Gasteiger charge is -2.24. The minimum Gasteiger partial charge on any atom is -0.361 e. The van der Waals surface area contributed by atoms with E-state index in [1.165, 1.54) is 4.90 Å². The summed E-state index contributed by atoms with van der Waals surface area (Å²) in [6.07, 6.45) is -4.75. The molecule has 3 nitrogen and oxygen atoms in total. The third-order valence-corrected chi connectivity index (χ3v) is 3.76. The number of benzene rings is 1. The van der Waals surface area contributed by atoms with E-state index in [2.05, 4.69) is 4.99 Å². The summed E-state index contributed by atoms with van der Waals surface area (Å²) < 4.78 is 37.9. The summed E-state index contributed by atoms with van der Waals surface area (Å²) in [5, 5.41) is 9.69. The lowest BCUT2D eigenvalue weighted by atomic mass is 10.2. The molecule has 0 aromatic heterocycles. The van der Waals surface area contributed by atoms with Crippen molar-refractivity contribution in [1.29, 1.82) is 0 Å². The number of hydrogen-bond acceptors (Lipinski definition) is 4. The van der Waals surface area contributed by atoms with Gasteiger partial charge in [0.15, 0.2) is 5.17 Å². The maximum Gasteiger partial charge on any atom is 0.440 e. The smallest absolute Gasteiger partial charge is 0.361 e. The standard InChI is InChI=1S/C10H7F3N2OS/c11-10(12,13)9(16)5-15-6-3-1-2-4-7(6)17-8(15)14-9/h1-4,16H,5H2. The Kier molecular flexibility index (Phi) is 2.03. The monoisotopic (exact) mass is 260 g/mol. The van der Waals surface area contributed by atoms with Gasteiger partial charge in [-0.15, -0.1) is 0 Å². The van der Waals surface area contributed by atoms with Gasteiger partial charge in [-0.1, -0.05) is 12.1 Å². The van der Waals surface area contributed by atoms with Crippen LogP contribution in [-0.2, 0) is 0 Å². The highest BCUT2D eigenvalue weighted by Crippen LogP contribution is 2.47. The number of aliphatic hydroxyl groups is 1. The lowest BCUT2D eigenvalue weighted by molar-refractivity contribution is -0.249. The molecule has 0 radical (unpaired) electrons. The van der Waals surface area contributed by atoms with Crippen molar-refractivity contribution in [3.63, 3.8) is 0 Å². The Labute approximate surface area is 98.9 Å². The Morgan fingerprint density at radius 3 is 2.76 bits per heavy atom. The zero-order valence-electron chi connectivity index (χ0n) is 8.40. The number of thioether (sulfide) groups is 1. The number of anilines is 1. The van der Waals surface area contributed by atoms with Gasteiger partial charge in [0.25, 0.3) is 5.72 Å². The van der Waals surface area contributed by atoms with Crippen LogP contribution in [0.15, 0.2) is 34.2 Å². The van der Waals surface area contributed by atoms with Crippen LogP contribution in [0, 0.1) is 0 Å². The summed E-state index contributed by atoms with van der Waals surface area (Å²) in [6.45, 7) is -0.574. The number of fused-ring (bicyclic) bond motifs is 3. The van der Waals surface area contributed by atoms with Crippen LogP contribution >= 0.6 is 11.8 Å². The molecule has 17 heavy (non-hydrogen) atoms. The Morgan fingerprint density at radius 1 is 1.35 bits per heavy atom. The van der Waals surface area contributed by atoms with E-state index in [1.54, 1.807) is 12.1 Å². The summed E-state index contributed by atoms with van der Waals surface area (Å²) in [6, 6.07) is 7.08. The summed E-state index contributed by atoms with van der Waals surface area (Å²) in [5.41, 5.74) is -2.32. The highest BCUT2D eigenvalue weighted by Gasteiger charge is 2.59. The number of para-hydroxylation sites is 1. The third-order valence-electron chi connectivity index (χ3n) is 2.70. The minimum absolute atomic E-state index is 0.200. The van der Waals surface area contributed by atoms with Gasteiger partial charge in [0, 0.05) is 4.90 Å². The van der Waals surface area contributed by atoms with Gasteiger partial charge in [0.2, 0.25) is 0 Å². The number of halogens is 3. The van der Waals surface area contributed by atoms with Crippen LogP contribution in [0.25, 0.3) is 0 Å². The zero-order valence-corrected chi connectivity index (χ0v) is 9.22. The fourth-order valence-electron chi connectivity index (χ4n) is 1.83. The summed E-state index contributed by atoms with van der Waals surface area (Å²) in [4.78, 5) is 5.66. The molecule has 1 aromatic carbocycles. The van der Waals surface area contributed by atoms with Crippen molar-refractivity contribution in [3.05, 3.63) is 24.3 Å². The number of aliphatic imine (C=N–C) groups is 1. The van der Waals surface area contributed by atoms with E-state index < -0.39 is 18.4 Å². The second kappa shape index (κ2) is 3.17. The molecule has 1 N–H and O–H groups in total. The van der Waals surface area contributed by atoms with Crippen LogP contribution in [0.2, 0.25) is 0 Å². The first-order valence-corrected chi connectivity index (χ1v) is 5.66. The molecule has 0 aliphatic carbocycles. The molecule has 0 saturated heterocycles. The molecule has 2 aliphatic rings. The molecule has 3 rings (SSSR count). The summed E-state index contributed by atoms with van der Waals surface area (Å²) in [5.74, 6) is 0. The van der Waals surface area contributed by atoms with E-state index in [4.69, 9.17) is 0 Å². The first-order chi connectivity index (χ1) is 7.91. The van der Waals surface area contributed by atoms with Crippen LogP contribution in [-0.4, -0.2) is 28.7 Å². The number of hydrogen-bond donors (Lipinski definition) is 1. The molecule has 0 amide bonds. The van der Waals surface area contributed by atoms with E-state index in [9.17, 15) is 18.3 Å². The number of amidine groups is 1. The maximum atomic E-state index is 12.6. The molecule has 90 valence electrons. The predicted molar refractivity (Wildman–Crippen MR) is 58.1 cm³/mol. The molecule has 0 saturated carbocycles. The maximum absolute atomic E-state index is 12.6. The normalized spacial score (nSPS) is 26.8. The molecular formula is C10H7F3N2OS. The van der Waals surface area contributed by atoms with Gasteiger partial charge in [0.1, 0.15) is 0 Å². The largest absolute Gasteiger partial charge is 0.440 e. The summed E-state index contributed by atoms with van der Waals surface area (Å²) >= 11 is 1.14. The second-order valence-electron chi connectivity index (χ2n) is 3.86. The van der Waals surface area contributed by atoms with Crippen LogP contribution < -0.4 is 4.90 Å². The Hall–Kier alpha value is -1.21. The van der Waals surface area contributed by atoms with Crippen LogP contribution in [0.4, 0.5) is 18.9 Å². The predicted octanol–water partition coefficient (Wildman–Crippen LogP) is 2.22. The van der Waals surface area contributed by atoms with Crippen molar-refractivity contribution < 1.29 is 18.3 Å². The van der Waals surface area contributed by atoms with E-state index in [-0.39, 0.29) is 5.17 Å². The van der Waals surface area contributed by atoms with E-state index >= 15 is 0 Å². The molecule has 0 bridgehead atoms. The molecule has 2 heterocycles. The SMILES string of the molecule is OC1(C(F)(F)F)CN2C(=N1)Sc1ccccc12. The fraction of sp³-hybridized carbons (Fsp3) is 0.300. The Morgan fingerprint density at radius 2 is 2.06 bits per heavy atom. The quantitative estimate of drug-likeness (QED) is 0.777. The number of rotatable bonds is 0. The topological polar surface area (TPSA) is 35.8 Å². The fourth-order valence-corrected chi connectivity index (χ4v) is 2.92. The molecule has 2 aliphatic heterocycles. The van der Waals surface area contributed by atoms with E-state index in [0.717, 1.165) is 16.7 Å². The number of nitrogens with zero attached hydrogens (tertiary/aromatic N) is 2. The van der Waals surface area contributed by atoms with Crippen LogP contribution in [0.1, 0.15) is 0 Å². The van der Waals surface area contributed by atoms with Gasteiger partial charge in [-0.05, 0) is 23.9 Å². The molecule has 1 unspecified atom stereocenters. The first kappa shape index (κ1) is 10.9. The van der Waals surface area contributed by atoms with E-state index in [0.29, 0.717) is 5.69 Å². The minimum atomic E-state index is -4.75. The molecule has 1 aromatic rings. The van der Waals surface area contributed by atoms with Gasteiger partial charge in [0.05, 0.1) is 12.2 Å². The zero-order chi connectivity index (χ0) is 12.3. The van der Waals surface area contributed by atoms with Crippen molar-refractivity contribution >= 4 is 22.6 Å². The molecular weight excluding hydrogens is 253 g/mol. The van der Waals surface area contributed by atoms with Gasteiger partial charge >= 0.3 is 6.18 Å². The Bertz CT molecular complexity index is 517. The van der Waals surface area contributed by atoms with Crippen molar-refractivity contribution in [3.8, 4) is 0 Å². The average Bonchev–Trinajstić information content (AvgIpc) is 2.71. The Balaban J connectivity index is 2.01. The van der Waals surface area contributed by atoms with Crippen molar-refractivity contribution in [2.75, 3.05) is 11.4 Å².